The van der Waals surface area contributed by atoms with E-state index in [1.54, 1.807) is 50.4 Å². The molecule has 4 aromatic rings. The molecule has 200 valence electrons. The number of amides is 2. The van der Waals surface area contributed by atoms with Crippen molar-refractivity contribution in [2.75, 3.05) is 7.11 Å². The molecule has 0 aliphatic carbocycles. The highest BCUT2D eigenvalue weighted by Gasteiger charge is 2.36. The number of nitrogens with zero attached hydrogens (tertiary/aromatic N) is 5. The van der Waals surface area contributed by atoms with Gasteiger partial charge in [0, 0.05) is 12.1 Å². The third-order valence-corrected chi connectivity index (χ3v) is 5.61. The first-order valence-electron chi connectivity index (χ1n) is 12.2. The van der Waals surface area contributed by atoms with E-state index in [1.165, 1.54) is 9.70 Å². The van der Waals surface area contributed by atoms with Crippen LogP contribution in [0.15, 0.2) is 57.4 Å². The molecule has 0 bridgehead atoms. The summed E-state index contributed by atoms with van der Waals surface area (Å²) in [4.78, 5) is 30.1. The molecule has 1 aromatic carbocycles. The van der Waals surface area contributed by atoms with E-state index in [2.05, 4.69) is 20.7 Å². The predicted octanol–water partition coefficient (Wildman–Crippen LogP) is 3.84. The van der Waals surface area contributed by atoms with Crippen molar-refractivity contribution in [1.29, 1.82) is 0 Å². The summed E-state index contributed by atoms with van der Waals surface area (Å²) >= 11 is 0. The molecule has 0 saturated heterocycles. The minimum atomic E-state index is -1.03. The second-order valence-corrected chi connectivity index (χ2v) is 10.0. The number of carbonyl (C=O) groups excluding carboxylic acids is 2. The van der Waals surface area contributed by atoms with Gasteiger partial charge in [-0.25, -0.2) is 0 Å². The molecule has 0 fully saturated rings. The topological polar surface area (TPSA) is 129 Å². The summed E-state index contributed by atoms with van der Waals surface area (Å²) < 4.78 is 16.7. The fourth-order valence-corrected chi connectivity index (χ4v) is 3.89. The number of aromatic nitrogens is 4. The maximum absolute atomic E-state index is 13.8. The molecule has 0 saturated carbocycles. The van der Waals surface area contributed by atoms with Gasteiger partial charge < -0.3 is 23.8 Å². The van der Waals surface area contributed by atoms with Crippen LogP contribution in [0.5, 0.6) is 5.75 Å². The van der Waals surface area contributed by atoms with Gasteiger partial charge in [0.15, 0.2) is 11.8 Å². The number of furan rings is 2. The van der Waals surface area contributed by atoms with Gasteiger partial charge in [0.1, 0.15) is 29.6 Å². The maximum Gasteiger partial charge on any atom is 0.251 e. The van der Waals surface area contributed by atoms with Crippen molar-refractivity contribution in [2.24, 2.45) is 0 Å². The number of rotatable bonds is 9. The van der Waals surface area contributed by atoms with Crippen molar-refractivity contribution in [3.8, 4) is 17.3 Å². The summed E-state index contributed by atoms with van der Waals surface area (Å²) in [5.41, 5.74) is 0.268. The average Bonchev–Trinajstić information content (AvgIpc) is 3.59. The van der Waals surface area contributed by atoms with Crippen LogP contribution in [0.25, 0.3) is 11.6 Å². The Balaban J connectivity index is 1.68. The minimum absolute atomic E-state index is 0.129. The lowest BCUT2D eigenvalue weighted by molar-refractivity contribution is -0.143. The first-order valence-corrected chi connectivity index (χ1v) is 12.2. The van der Waals surface area contributed by atoms with Gasteiger partial charge in [-0.05, 0) is 81.8 Å². The molecule has 1 unspecified atom stereocenters. The summed E-state index contributed by atoms with van der Waals surface area (Å²) in [5, 5.41) is 15.3. The number of aryl methyl sites for hydroxylation is 2. The van der Waals surface area contributed by atoms with Crippen molar-refractivity contribution >= 4 is 11.8 Å². The number of tetrazole rings is 1. The summed E-state index contributed by atoms with van der Waals surface area (Å²) in [6, 6.07) is 13.3. The lowest BCUT2D eigenvalue weighted by Gasteiger charge is -2.32. The van der Waals surface area contributed by atoms with E-state index >= 15 is 0 Å². The van der Waals surface area contributed by atoms with Gasteiger partial charge in [0.05, 0.1) is 7.11 Å². The number of hydrogen-bond acceptors (Lipinski definition) is 8. The first kappa shape index (κ1) is 26.6. The second-order valence-electron chi connectivity index (χ2n) is 10.0. The van der Waals surface area contributed by atoms with Crippen LogP contribution < -0.4 is 10.1 Å². The third kappa shape index (κ3) is 6.47. The average molecular weight is 521 g/mol. The zero-order valence-electron chi connectivity index (χ0n) is 22.4. The lowest BCUT2D eigenvalue weighted by atomic mass is 10.1. The molecule has 11 nitrogen and oxygen atoms in total. The number of methoxy groups -OCH3 is 1. The monoisotopic (exact) mass is 520 g/mol. The molecule has 2 amide bonds. The van der Waals surface area contributed by atoms with E-state index in [1.807, 2.05) is 39.8 Å². The number of hydrogen-bond donors (Lipinski definition) is 1. The molecule has 1 N–H and O–H groups in total. The molecule has 0 spiro atoms. The number of benzene rings is 1. The molecule has 0 aliphatic heterocycles. The van der Waals surface area contributed by atoms with Crippen LogP contribution in [-0.2, 0) is 22.7 Å². The summed E-state index contributed by atoms with van der Waals surface area (Å²) in [6.07, 6.45) is 0. The Morgan fingerprint density at radius 3 is 2.29 bits per heavy atom. The normalized spacial score (nSPS) is 12.3. The molecule has 1 atom stereocenters. The highest BCUT2D eigenvalue weighted by atomic mass is 16.5. The lowest BCUT2D eigenvalue weighted by Crippen LogP contribution is -2.49. The van der Waals surface area contributed by atoms with E-state index in [-0.39, 0.29) is 24.8 Å². The van der Waals surface area contributed by atoms with Crippen LogP contribution in [-0.4, -0.2) is 49.6 Å². The van der Waals surface area contributed by atoms with Crippen molar-refractivity contribution < 1.29 is 23.2 Å². The standard InChI is InChI=1S/C27H32N6O5/c1-17-7-13-21(37-17)24(26(35)28-27(3,4)5)32(15-19-9-11-20(36-6)12-10-19)23(34)16-33-30-25(29-31-33)22-14-8-18(2)38-22/h7-14,24H,15-16H2,1-6H3,(H,28,35). The van der Waals surface area contributed by atoms with E-state index < -0.39 is 17.5 Å². The third-order valence-electron chi connectivity index (χ3n) is 5.61. The predicted molar refractivity (Wildman–Crippen MR) is 138 cm³/mol. The van der Waals surface area contributed by atoms with Gasteiger partial charge in [0.2, 0.25) is 11.7 Å². The van der Waals surface area contributed by atoms with Gasteiger partial charge in [-0.2, -0.15) is 4.80 Å². The van der Waals surface area contributed by atoms with Gasteiger partial charge in [0.25, 0.3) is 5.91 Å². The van der Waals surface area contributed by atoms with Crippen LogP contribution in [0.2, 0.25) is 0 Å². The summed E-state index contributed by atoms with van der Waals surface area (Å²) in [6.45, 7) is 9.11. The number of ether oxygens (including phenoxy) is 1. The Morgan fingerprint density at radius 2 is 1.71 bits per heavy atom. The van der Waals surface area contributed by atoms with Crippen LogP contribution in [0.3, 0.4) is 0 Å². The SMILES string of the molecule is COc1ccc(CN(C(=O)Cn2nnc(-c3ccc(C)o3)n2)C(C(=O)NC(C)(C)C)c2ccc(C)o2)cc1. The van der Waals surface area contributed by atoms with Crippen molar-refractivity contribution in [3.63, 3.8) is 0 Å². The van der Waals surface area contributed by atoms with Crippen LogP contribution in [0, 0.1) is 13.8 Å². The van der Waals surface area contributed by atoms with Gasteiger partial charge in [-0.1, -0.05) is 12.1 Å². The zero-order chi connectivity index (χ0) is 27.4. The van der Waals surface area contributed by atoms with E-state index in [4.69, 9.17) is 13.6 Å². The summed E-state index contributed by atoms with van der Waals surface area (Å²) in [5.74, 6) is 2.31. The molecule has 11 heteroatoms. The largest absolute Gasteiger partial charge is 0.497 e. The Bertz CT molecular complexity index is 1400. The Kier molecular flexibility index (Phi) is 7.65. The summed E-state index contributed by atoms with van der Waals surface area (Å²) in [7, 11) is 1.58. The molecule has 4 rings (SSSR count). The number of nitrogens with one attached hydrogen (secondary N) is 1. The number of carbonyl (C=O) groups is 2. The maximum atomic E-state index is 13.8. The quantitative estimate of drug-likeness (QED) is 0.353. The zero-order valence-corrected chi connectivity index (χ0v) is 22.4. The molecule has 38 heavy (non-hydrogen) atoms. The smallest absolute Gasteiger partial charge is 0.251 e. The highest BCUT2D eigenvalue weighted by Crippen LogP contribution is 2.27. The highest BCUT2D eigenvalue weighted by molar-refractivity contribution is 5.88. The van der Waals surface area contributed by atoms with Crippen molar-refractivity contribution in [1.82, 2.24) is 30.4 Å². The van der Waals surface area contributed by atoms with Gasteiger partial charge in [-0.3, -0.25) is 9.59 Å². The van der Waals surface area contributed by atoms with Crippen LogP contribution in [0.4, 0.5) is 0 Å². The minimum Gasteiger partial charge on any atom is -0.497 e. The van der Waals surface area contributed by atoms with Crippen molar-refractivity contribution in [3.05, 3.63) is 71.4 Å². The van der Waals surface area contributed by atoms with E-state index in [0.717, 1.165) is 5.56 Å². The molecule has 0 radical (unpaired) electrons. The molecule has 0 aliphatic rings. The van der Waals surface area contributed by atoms with E-state index in [9.17, 15) is 9.59 Å². The van der Waals surface area contributed by atoms with Gasteiger partial charge >= 0.3 is 0 Å². The first-order chi connectivity index (χ1) is 18.0. The van der Waals surface area contributed by atoms with Crippen LogP contribution in [0.1, 0.15) is 49.7 Å². The Morgan fingerprint density at radius 1 is 1.03 bits per heavy atom. The Hall–Kier alpha value is -4.41. The fraction of sp³-hybridized carbons (Fsp3) is 0.370. The van der Waals surface area contributed by atoms with E-state index in [0.29, 0.717) is 28.8 Å². The van der Waals surface area contributed by atoms with Crippen molar-refractivity contribution in [2.45, 2.75) is 59.3 Å². The Labute approximate surface area is 220 Å². The molecule has 3 aromatic heterocycles. The second kappa shape index (κ2) is 10.9. The van der Waals surface area contributed by atoms with Crippen LogP contribution >= 0.6 is 0 Å². The molecular formula is C27H32N6O5. The molecule has 3 heterocycles. The van der Waals surface area contributed by atoms with Gasteiger partial charge in [-0.15, -0.1) is 10.2 Å². The fourth-order valence-electron chi connectivity index (χ4n) is 3.89. The molecular weight excluding hydrogens is 488 g/mol.